The molecular formula is C19H21N3O. The second-order valence-corrected chi connectivity index (χ2v) is 5.79. The van der Waals surface area contributed by atoms with Crippen LogP contribution in [0.4, 0.5) is 11.4 Å². The Kier molecular flexibility index (Phi) is 4.44. The average Bonchev–Trinajstić information content (AvgIpc) is 2.56. The molecular weight excluding hydrogens is 286 g/mol. The van der Waals surface area contributed by atoms with Crippen molar-refractivity contribution in [3.8, 4) is 0 Å². The fraction of sp³-hybridized carbons (Fsp3) is 0.211. The lowest BCUT2D eigenvalue weighted by Crippen LogP contribution is -2.20. The van der Waals surface area contributed by atoms with Gasteiger partial charge in [-0.25, -0.2) is 0 Å². The predicted molar refractivity (Wildman–Crippen MR) is 95.5 cm³/mol. The largest absolute Gasteiger partial charge is 0.399 e. The topological polar surface area (TPSA) is 67.2 Å². The van der Waals surface area contributed by atoms with Crippen molar-refractivity contribution in [2.45, 2.75) is 13.3 Å². The molecule has 0 fully saturated rings. The molecule has 0 atom stereocenters. The fourth-order valence-electron chi connectivity index (χ4n) is 2.81. The Balaban J connectivity index is 1.76. The van der Waals surface area contributed by atoms with E-state index in [9.17, 15) is 4.79 Å². The van der Waals surface area contributed by atoms with Gasteiger partial charge < -0.3 is 16.4 Å². The number of nitrogens with one attached hydrogen (secondary N) is 2. The van der Waals surface area contributed by atoms with Crippen LogP contribution in [0.25, 0.3) is 5.57 Å². The summed E-state index contributed by atoms with van der Waals surface area (Å²) in [6.45, 7) is 4.02. The first kappa shape index (κ1) is 15.3. The summed E-state index contributed by atoms with van der Waals surface area (Å²) in [4.78, 5) is 12.3. The highest BCUT2D eigenvalue weighted by Gasteiger charge is 2.10. The minimum absolute atomic E-state index is 0.127. The van der Waals surface area contributed by atoms with Crippen LogP contribution in [0, 0.1) is 6.92 Å². The van der Waals surface area contributed by atoms with E-state index in [1.165, 1.54) is 16.7 Å². The van der Waals surface area contributed by atoms with Gasteiger partial charge in [0.15, 0.2) is 0 Å². The van der Waals surface area contributed by atoms with Crippen molar-refractivity contribution in [1.29, 1.82) is 0 Å². The van der Waals surface area contributed by atoms with Crippen molar-refractivity contribution in [2.24, 2.45) is 0 Å². The summed E-state index contributed by atoms with van der Waals surface area (Å²) >= 11 is 0. The van der Waals surface area contributed by atoms with E-state index in [0.29, 0.717) is 11.3 Å². The van der Waals surface area contributed by atoms with E-state index in [1.54, 1.807) is 24.3 Å². The van der Waals surface area contributed by atoms with Gasteiger partial charge in [0.2, 0.25) is 0 Å². The molecule has 0 saturated heterocycles. The monoisotopic (exact) mass is 307 g/mol. The molecule has 3 rings (SSSR count). The summed E-state index contributed by atoms with van der Waals surface area (Å²) < 4.78 is 0. The van der Waals surface area contributed by atoms with Crippen LogP contribution in [0.5, 0.6) is 0 Å². The molecule has 1 aliphatic heterocycles. The Labute approximate surface area is 136 Å². The van der Waals surface area contributed by atoms with Gasteiger partial charge in [-0.05, 0) is 73.0 Å². The quantitative estimate of drug-likeness (QED) is 0.763. The molecule has 0 aliphatic carbocycles. The summed E-state index contributed by atoms with van der Waals surface area (Å²) in [6.07, 6.45) is 3.27. The van der Waals surface area contributed by atoms with Crippen LogP contribution < -0.4 is 16.4 Å². The summed E-state index contributed by atoms with van der Waals surface area (Å²) in [5, 5.41) is 6.26. The lowest BCUT2D eigenvalue weighted by molar-refractivity contribution is 0.102. The number of carbonyl (C=O) groups excluding carboxylic acids is 1. The highest BCUT2D eigenvalue weighted by Crippen LogP contribution is 2.25. The highest BCUT2D eigenvalue weighted by atomic mass is 16.1. The lowest BCUT2D eigenvalue weighted by atomic mass is 9.96. The second-order valence-electron chi connectivity index (χ2n) is 5.79. The molecule has 1 heterocycles. The van der Waals surface area contributed by atoms with Crippen molar-refractivity contribution in [3.63, 3.8) is 0 Å². The van der Waals surface area contributed by atoms with Crippen molar-refractivity contribution in [3.05, 3.63) is 65.2 Å². The van der Waals surface area contributed by atoms with Crippen molar-refractivity contribution >= 4 is 22.9 Å². The molecule has 0 saturated carbocycles. The molecule has 118 valence electrons. The molecule has 4 N–H and O–H groups in total. The molecule has 0 bridgehead atoms. The standard InChI is InChI=1S/C19H21N3O/c1-13-12-17(6-7-18(13)14-8-10-21-11-9-14)22-19(23)15-2-4-16(20)5-3-15/h2-8,12,21H,9-11,20H2,1H3,(H,22,23). The van der Waals surface area contributed by atoms with Gasteiger partial charge in [0.25, 0.3) is 5.91 Å². The maximum atomic E-state index is 12.3. The zero-order valence-electron chi connectivity index (χ0n) is 13.2. The van der Waals surface area contributed by atoms with Crippen molar-refractivity contribution in [2.75, 3.05) is 24.1 Å². The van der Waals surface area contributed by atoms with Crippen LogP contribution in [0.2, 0.25) is 0 Å². The maximum Gasteiger partial charge on any atom is 0.255 e. The van der Waals surface area contributed by atoms with Crippen molar-refractivity contribution < 1.29 is 4.79 Å². The third-order valence-corrected chi connectivity index (χ3v) is 4.07. The summed E-state index contributed by atoms with van der Waals surface area (Å²) in [5.74, 6) is -0.127. The molecule has 0 spiro atoms. The third kappa shape index (κ3) is 3.60. The molecule has 23 heavy (non-hydrogen) atoms. The average molecular weight is 307 g/mol. The number of nitrogens with two attached hydrogens (primary N) is 1. The Morgan fingerprint density at radius 2 is 1.96 bits per heavy atom. The molecule has 4 heteroatoms. The van der Waals surface area contributed by atoms with Crippen LogP contribution in [0.1, 0.15) is 27.9 Å². The first-order valence-electron chi connectivity index (χ1n) is 7.81. The Hall–Kier alpha value is -2.59. The van der Waals surface area contributed by atoms with Gasteiger partial charge in [-0.2, -0.15) is 0 Å². The van der Waals surface area contributed by atoms with E-state index in [-0.39, 0.29) is 5.91 Å². The second kappa shape index (κ2) is 6.67. The SMILES string of the molecule is Cc1cc(NC(=O)c2ccc(N)cc2)ccc1C1=CCNCC1. The van der Waals surface area contributed by atoms with Gasteiger partial charge in [0.05, 0.1) is 0 Å². The van der Waals surface area contributed by atoms with E-state index < -0.39 is 0 Å². The normalized spacial score (nSPS) is 14.2. The summed E-state index contributed by atoms with van der Waals surface area (Å²) in [7, 11) is 0. The van der Waals surface area contributed by atoms with Crippen LogP contribution >= 0.6 is 0 Å². The number of hydrogen-bond acceptors (Lipinski definition) is 3. The van der Waals surface area contributed by atoms with Gasteiger partial charge in [-0.1, -0.05) is 12.1 Å². The molecule has 4 nitrogen and oxygen atoms in total. The van der Waals surface area contributed by atoms with E-state index in [2.05, 4.69) is 29.7 Å². The maximum absolute atomic E-state index is 12.3. The molecule has 2 aromatic rings. The first-order chi connectivity index (χ1) is 11.1. The smallest absolute Gasteiger partial charge is 0.255 e. The minimum Gasteiger partial charge on any atom is -0.399 e. The number of anilines is 2. The van der Waals surface area contributed by atoms with E-state index in [1.807, 2.05) is 12.1 Å². The van der Waals surface area contributed by atoms with Gasteiger partial charge in [0, 0.05) is 23.5 Å². The molecule has 0 aromatic heterocycles. The van der Waals surface area contributed by atoms with Gasteiger partial charge in [-0.3, -0.25) is 4.79 Å². The highest BCUT2D eigenvalue weighted by molar-refractivity contribution is 6.04. The number of hydrogen-bond donors (Lipinski definition) is 3. The zero-order valence-corrected chi connectivity index (χ0v) is 13.2. The van der Waals surface area contributed by atoms with Crippen LogP contribution in [-0.4, -0.2) is 19.0 Å². The van der Waals surface area contributed by atoms with E-state index >= 15 is 0 Å². The van der Waals surface area contributed by atoms with E-state index in [0.717, 1.165) is 25.2 Å². The first-order valence-corrected chi connectivity index (χ1v) is 7.81. The van der Waals surface area contributed by atoms with Gasteiger partial charge in [0.1, 0.15) is 0 Å². The van der Waals surface area contributed by atoms with Crippen LogP contribution in [-0.2, 0) is 0 Å². The Bertz CT molecular complexity index is 748. The number of nitrogen functional groups attached to an aromatic ring is 1. The Morgan fingerprint density at radius 1 is 1.17 bits per heavy atom. The molecule has 0 unspecified atom stereocenters. The Morgan fingerprint density at radius 3 is 2.61 bits per heavy atom. The van der Waals surface area contributed by atoms with Gasteiger partial charge >= 0.3 is 0 Å². The number of carbonyl (C=O) groups is 1. The van der Waals surface area contributed by atoms with Gasteiger partial charge in [-0.15, -0.1) is 0 Å². The number of aryl methyl sites for hydroxylation is 1. The lowest BCUT2D eigenvalue weighted by Gasteiger charge is -2.17. The van der Waals surface area contributed by atoms with E-state index in [4.69, 9.17) is 5.73 Å². The van der Waals surface area contributed by atoms with Crippen molar-refractivity contribution in [1.82, 2.24) is 5.32 Å². The number of benzene rings is 2. The minimum atomic E-state index is -0.127. The number of amides is 1. The molecule has 1 aliphatic rings. The number of rotatable bonds is 3. The summed E-state index contributed by atoms with van der Waals surface area (Å²) in [6, 6.07) is 13.0. The molecule has 0 radical (unpaired) electrons. The van der Waals surface area contributed by atoms with Crippen LogP contribution in [0.3, 0.4) is 0 Å². The molecule has 2 aromatic carbocycles. The summed E-state index contributed by atoms with van der Waals surface area (Å²) in [5.41, 5.74) is 11.5. The zero-order chi connectivity index (χ0) is 16.2. The third-order valence-electron chi connectivity index (χ3n) is 4.07. The predicted octanol–water partition coefficient (Wildman–Crippen LogP) is 3.21. The van der Waals surface area contributed by atoms with Crippen LogP contribution in [0.15, 0.2) is 48.5 Å². The fourth-order valence-corrected chi connectivity index (χ4v) is 2.81. The molecule has 1 amide bonds.